The third-order valence-electron chi connectivity index (χ3n) is 3.76. The molecule has 7 nitrogen and oxygen atoms in total. The second kappa shape index (κ2) is 7.07. The molecule has 0 saturated heterocycles. The quantitative estimate of drug-likeness (QED) is 0.672. The first kappa shape index (κ1) is 17.8. The van der Waals surface area contributed by atoms with Crippen LogP contribution in [0.3, 0.4) is 0 Å². The van der Waals surface area contributed by atoms with Crippen LogP contribution < -0.4 is 5.56 Å². The van der Waals surface area contributed by atoms with Gasteiger partial charge in [0.05, 0.1) is 5.69 Å². The Morgan fingerprint density at radius 3 is 2.65 bits per heavy atom. The molecule has 3 aromatic rings. The summed E-state index contributed by atoms with van der Waals surface area (Å²) in [5, 5.41) is 29.8. The highest BCUT2D eigenvalue weighted by atomic mass is 35.5. The zero-order valence-electron chi connectivity index (χ0n) is 13.8. The van der Waals surface area contributed by atoms with Crippen LogP contribution in [0, 0.1) is 18.3 Å². The molecule has 3 rings (SSSR count). The van der Waals surface area contributed by atoms with Gasteiger partial charge in [0.25, 0.3) is 5.56 Å². The molecule has 0 unspecified atom stereocenters. The molecule has 130 valence electrons. The lowest BCUT2D eigenvalue weighted by molar-refractivity contribution is 0.421. The van der Waals surface area contributed by atoms with Crippen molar-refractivity contribution in [2.75, 3.05) is 0 Å². The SMILES string of the molecule is Cc1c(C#N)c(O)n(C)c(=O)c1N=Nc1nc(-c2ccc(Cl)cc2)cs1. The fraction of sp³-hybridized carbons (Fsp3) is 0.118. The van der Waals surface area contributed by atoms with Crippen LogP contribution in [-0.2, 0) is 7.05 Å². The Hall–Kier alpha value is -3.02. The van der Waals surface area contributed by atoms with Crippen molar-refractivity contribution in [1.82, 2.24) is 9.55 Å². The molecule has 2 aromatic heterocycles. The Kier molecular flexibility index (Phi) is 4.84. The lowest BCUT2D eigenvalue weighted by Crippen LogP contribution is -2.18. The number of hydrogen-bond donors (Lipinski definition) is 1. The Morgan fingerprint density at radius 2 is 2.00 bits per heavy atom. The molecular formula is C17H12ClN5O2S. The number of benzene rings is 1. The van der Waals surface area contributed by atoms with E-state index in [1.807, 2.05) is 23.6 Å². The van der Waals surface area contributed by atoms with Gasteiger partial charge in [-0.3, -0.25) is 9.36 Å². The highest BCUT2D eigenvalue weighted by Gasteiger charge is 2.17. The summed E-state index contributed by atoms with van der Waals surface area (Å²) in [5.41, 5.74) is 1.31. The van der Waals surface area contributed by atoms with Gasteiger partial charge in [0, 0.05) is 28.6 Å². The number of nitrogens with zero attached hydrogens (tertiary/aromatic N) is 5. The maximum atomic E-state index is 12.3. The molecular weight excluding hydrogens is 374 g/mol. The summed E-state index contributed by atoms with van der Waals surface area (Å²) in [6, 6.07) is 9.09. The van der Waals surface area contributed by atoms with Crippen LogP contribution in [0.2, 0.25) is 5.02 Å². The number of azo groups is 1. The molecule has 0 amide bonds. The summed E-state index contributed by atoms with van der Waals surface area (Å²) < 4.78 is 0.959. The van der Waals surface area contributed by atoms with Gasteiger partial charge < -0.3 is 5.11 Å². The van der Waals surface area contributed by atoms with Gasteiger partial charge in [-0.25, -0.2) is 4.98 Å². The molecule has 9 heteroatoms. The normalized spacial score (nSPS) is 11.0. The van der Waals surface area contributed by atoms with Crippen LogP contribution in [0.1, 0.15) is 11.1 Å². The molecule has 0 aliphatic carbocycles. The second-order valence-electron chi connectivity index (χ2n) is 5.37. The minimum atomic E-state index is -0.544. The maximum Gasteiger partial charge on any atom is 0.281 e. The molecule has 0 spiro atoms. The Labute approximate surface area is 157 Å². The van der Waals surface area contributed by atoms with Crippen molar-refractivity contribution in [2.24, 2.45) is 17.3 Å². The minimum Gasteiger partial charge on any atom is -0.493 e. The average Bonchev–Trinajstić information content (AvgIpc) is 3.10. The van der Waals surface area contributed by atoms with Crippen LogP contribution in [-0.4, -0.2) is 14.7 Å². The number of hydrogen-bond acceptors (Lipinski definition) is 7. The highest BCUT2D eigenvalue weighted by molar-refractivity contribution is 7.13. The molecule has 2 heterocycles. The van der Waals surface area contributed by atoms with E-state index in [2.05, 4.69) is 15.2 Å². The van der Waals surface area contributed by atoms with Crippen molar-refractivity contribution in [1.29, 1.82) is 5.26 Å². The summed E-state index contributed by atoms with van der Waals surface area (Å²) in [7, 11) is 1.36. The number of aromatic hydroxyl groups is 1. The average molecular weight is 386 g/mol. The van der Waals surface area contributed by atoms with Crippen LogP contribution >= 0.6 is 22.9 Å². The van der Waals surface area contributed by atoms with E-state index >= 15 is 0 Å². The standard InChI is InChI=1S/C17H12ClN5O2S/c1-9-12(7-19)15(24)23(2)16(25)14(9)21-22-17-20-13(8-26-17)10-3-5-11(18)6-4-10/h3-6,8,24H,1-2H3. The van der Waals surface area contributed by atoms with Crippen LogP contribution in [0.15, 0.2) is 44.7 Å². The van der Waals surface area contributed by atoms with Crippen molar-refractivity contribution >= 4 is 33.8 Å². The van der Waals surface area contributed by atoms with Crippen LogP contribution in [0.4, 0.5) is 10.8 Å². The fourth-order valence-corrected chi connectivity index (χ4v) is 3.05. The van der Waals surface area contributed by atoms with Gasteiger partial charge in [-0.1, -0.05) is 23.7 Å². The van der Waals surface area contributed by atoms with Crippen molar-refractivity contribution < 1.29 is 5.11 Å². The summed E-state index contributed by atoms with van der Waals surface area (Å²) in [6.07, 6.45) is 0. The van der Waals surface area contributed by atoms with Crippen molar-refractivity contribution in [3.8, 4) is 23.2 Å². The van der Waals surface area contributed by atoms with Gasteiger partial charge in [-0.2, -0.15) is 5.26 Å². The molecule has 1 N–H and O–H groups in total. The molecule has 1 aromatic carbocycles. The molecule has 0 fully saturated rings. The first-order valence-corrected chi connectivity index (χ1v) is 8.64. The number of nitriles is 1. The molecule has 0 aliphatic heterocycles. The van der Waals surface area contributed by atoms with Crippen LogP contribution in [0.25, 0.3) is 11.3 Å². The smallest absolute Gasteiger partial charge is 0.281 e. The van der Waals surface area contributed by atoms with E-state index in [9.17, 15) is 9.90 Å². The number of rotatable bonds is 3. The molecule has 0 radical (unpaired) electrons. The highest BCUT2D eigenvalue weighted by Crippen LogP contribution is 2.30. The third kappa shape index (κ3) is 3.22. The van der Waals surface area contributed by atoms with Gasteiger partial charge in [-0.15, -0.1) is 21.6 Å². The van der Waals surface area contributed by atoms with E-state index in [0.29, 0.717) is 15.8 Å². The van der Waals surface area contributed by atoms with Gasteiger partial charge in [0.2, 0.25) is 11.0 Å². The number of pyridine rings is 1. The molecule has 0 bridgehead atoms. The molecule has 0 aliphatic rings. The molecule has 0 saturated carbocycles. The van der Waals surface area contributed by atoms with E-state index < -0.39 is 11.4 Å². The van der Waals surface area contributed by atoms with E-state index in [-0.39, 0.29) is 16.8 Å². The van der Waals surface area contributed by atoms with Crippen molar-refractivity contribution in [3.63, 3.8) is 0 Å². The topological polar surface area (TPSA) is 104 Å². The first-order chi connectivity index (χ1) is 12.4. The summed E-state index contributed by atoms with van der Waals surface area (Å²) in [6.45, 7) is 1.54. The largest absolute Gasteiger partial charge is 0.493 e. The fourth-order valence-electron chi connectivity index (χ4n) is 2.28. The molecule has 0 atom stereocenters. The van der Waals surface area contributed by atoms with E-state index in [1.165, 1.54) is 25.3 Å². The second-order valence-corrected chi connectivity index (χ2v) is 6.64. The van der Waals surface area contributed by atoms with Gasteiger partial charge >= 0.3 is 0 Å². The zero-order valence-corrected chi connectivity index (χ0v) is 15.3. The van der Waals surface area contributed by atoms with Crippen molar-refractivity contribution in [2.45, 2.75) is 6.92 Å². The molecule has 26 heavy (non-hydrogen) atoms. The number of aromatic nitrogens is 2. The van der Waals surface area contributed by atoms with E-state index in [4.69, 9.17) is 16.9 Å². The number of thiazole rings is 1. The third-order valence-corrected chi connectivity index (χ3v) is 4.73. The summed E-state index contributed by atoms with van der Waals surface area (Å²) in [5.74, 6) is -0.395. The Bertz CT molecular complexity index is 1110. The lowest BCUT2D eigenvalue weighted by atomic mass is 10.1. The summed E-state index contributed by atoms with van der Waals surface area (Å²) in [4.78, 5) is 16.6. The van der Waals surface area contributed by atoms with E-state index in [0.717, 1.165) is 10.1 Å². The predicted molar refractivity (Wildman–Crippen MR) is 99.5 cm³/mol. The monoisotopic (exact) mass is 385 g/mol. The summed E-state index contributed by atoms with van der Waals surface area (Å²) >= 11 is 7.15. The zero-order chi connectivity index (χ0) is 18.8. The van der Waals surface area contributed by atoms with Gasteiger partial charge in [0.15, 0.2) is 5.69 Å². The Morgan fingerprint density at radius 1 is 1.31 bits per heavy atom. The lowest BCUT2D eigenvalue weighted by Gasteiger charge is -2.07. The van der Waals surface area contributed by atoms with Gasteiger partial charge in [0.1, 0.15) is 11.6 Å². The predicted octanol–water partition coefficient (Wildman–Crippen LogP) is 4.46. The Balaban J connectivity index is 1.97. The first-order valence-electron chi connectivity index (χ1n) is 7.38. The van der Waals surface area contributed by atoms with Crippen LogP contribution in [0.5, 0.6) is 5.88 Å². The van der Waals surface area contributed by atoms with E-state index in [1.54, 1.807) is 12.1 Å². The maximum absolute atomic E-state index is 12.3. The van der Waals surface area contributed by atoms with Gasteiger partial charge in [-0.05, 0) is 19.1 Å². The minimum absolute atomic E-state index is 0.00917. The van der Waals surface area contributed by atoms with Crippen molar-refractivity contribution in [3.05, 3.63) is 56.1 Å². The number of halogens is 1.